The quantitative estimate of drug-likeness (QED) is 0.875. The molecular weight excluding hydrogens is 294 g/mol. The van der Waals surface area contributed by atoms with Crippen LogP contribution >= 0.6 is 15.9 Å². The predicted octanol–water partition coefficient (Wildman–Crippen LogP) is 3.12. The van der Waals surface area contributed by atoms with Gasteiger partial charge in [0.25, 0.3) is 0 Å². The number of hydrogen-bond donors (Lipinski definition) is 0. The second-order valence-corrected chi connectivity index (χ2v) is 4.50. The van der Waals surface area contributed by atoms with Crippen molar-refractivity contribution >= 4 is 15.9 Å². The zero-order chi connectivity index (χ0) is 13.1. The van der Waals surface area contributed by atoms with Gasteiger partial charge in [0.05, 0.1) is 16.8 Å². The van der Waals surface area contributed by atoms with E-state index in [9.17, 15) is 0 Å². The number of nitrogens with zero attached hydrogens (tertiary/aromatic N) is 3. The van der Waals surface area contributed by atoms with Gasteiger partial charge in [-0.05, 0) is 47.1 Å². The molecule has 0 aliphatic carbocycles. The topological polar surface area (TPSA) is 50.8 Å². The molecule has 1 aromatic heterocycles. The van der Waals surface area contributed by atoms with Crippen LogP contribution in [-0.4, -0.2) is 16.4 Å². The number of ether oxygens (including phenoxy) is 1. The summed E-state index contributed by atoms with van der Waals surface area (Å²) in [5.74, 6) is 0.833. The van der Waals surface area contributed by atoms with E-state index in [1.807, 2.05) is 38.2 Å². The van der Waals surface area contributed by atoms with Crippen molar-refractivity contribution in [2.75, 3.05) is 6.61 Å². The molecule has 0 bridgehead atoms. The number of hydrogen-bond acceptors (Lipinski definition) is 3. The number of nitriles is 1. The molecule has 1 aromatic carbocycles. The van der Waals surface area contributed by atoms with Gasteiger partial charge in [-0.2, -0.15) is 10.4 Å². The van der Waals surface area contributed by atoms with Crippen LogP contribution in [0, 0.1) is 11.3 Å². The van der Waals surface area contributed by atoms with Crippen LogP contribution < -0.4 is 4.74 Å². The summed E-state index contributed by atoms with van der Waals surface area (Å²) >= 11 is 3.41. The molecule has 4 nitrogen and oxygen atoms in total. The Bertz CT molecular complexity index is 596. The zero-order valence-corrected chi connectivity index (χ0v) is 11.7. The van der Waals surface area contributed by atoms with Crippen molar-refractivity contribution in [3.05, 3.63) is 34.4 Å². The Hall–Kier alpha value is -1.80. The maximum absolute atomic E-state index is 8.94. The number of benzene rings is 1. The average Bonchev–Trinajstić information content (AvgIpc) is 2.66. The molecule has 0 saturated carbocycles. The van der Waals surface area contributed by atoms with Crippen LogP contribution in [0.5, 0.6) is 5.75 Å². The lowest BCUT2D eigenvalue weighted by atomic mass is 10.1. The summed E-state index contributed by atoms with van der Waals surface area (Å²) in [6.07, 6.45) is 0. The smallest absolute Gasteiger partial charge is 0.177 e. The summed E-state index contributed by atoms with van der Waals surface area (Å²) in [6.45, 7) is 2.60. The third-order valence-corrected chi connectivity index (χ3v) is 3.29. The highest BCUT2D eigenvalue weighted by molar-refractivity contribution is 9.10. The van der Waals surface area contributed by atoms with Crippen LogP contribution in [0.2, 0.25) is 0 Å². The number of halogens is 1. The van der Waals surface area contributed by atoms with Crippen LogP contribution in [0.25, 0.3) is 11.3 Å². The van der Waals surface area contributed by atoms with E-state index in [4.69, 9.17) is 10.00 Å². The molecule has 2 aromatic rings. The first-order valence-electron chi connectivity index (χ1n) is 5.53. The fourth-order valence-corrected chi connectivity index (χ4v) is 2.41. The van der Waals surface area contributed by atoms with Gasteiger partial charge in [-0.1, -0.05) is 0 Å². The molecule has 5 heteroatoms. The van der Waals surface area contributed by atoms with Gasteiger partial charge in [-0.3, -0.25) is 4.68 Å². The van der Waals surface area contributed by atoms with Crippen molar-refractivity contribution in [3.63, 3.8) is 0 Å². The van der Waals surface area contributed by atoms with Gasteiger partial charge in [0.15, 0.2) is 5.69 Å². The van der Waals surface area contributed by atoms with Gasteiger partial charge in [0.2, 0.25) is 0 Å². The molecule has 0 aliphatic heterocycles. The Balaban J connectivity index is 2.43. The van der Waals surface area contributed by atoms with Crippen LogP contribution in [0.1, 0.15) is 12.6 Å². The van der Waals surface area contributed by atoms with Crippen molar-refractivity contribution in [1.82, 2.24) is 9.78 Å². The minimum Gasteiger partial charge on any atom is -0.494 e. The van der Waals surface area contributed by atoms with Gasteiger partial charge in [-0.15, -0.1) is 0 Å². The van der Waals surface area contributed by atoms with Crippen molar-refractivity contribution in [1.29, 1.82) is 5.26 Å². The molecular formula is C13H12BrN3O. The molecule has 2 rings (SSSR count). The van der Waals surface area contributed by atoms with Crippen LogP contribution in [0.15, 0.2) is 28.7 Å². The van der Waals surface area contributed by atoms with Crippen LogP contribution in [0.3, 0.4) is 0 Å². The first-order chi connectivity index (χ1) is 8.67. The highest BCUT2D eigenvalue weighted by Crippen LogP contribution is 2.31. The fourth-order valence-electron chi connectivity index (χ4n) is 1.76. The Morgan fingerprint density at radius 2 is 2.06 bits per heavy atom. The molecule has 0 amide bonds. The Morgan fingerprint density at radius 1 is 1.39 bits per heavy atom. The summed E-state index contributed by atoms with van der Waals surface area (Å²) in [5, 5.41) is 13.1. The Morgan fingerprint density at radius 3 is 2.56 bits per heavy atom. The van der Waals surface area contributed by atoms with Gasteiger partial charge in [-0.25, -0.2) is 0 Å². The van der Waals surface area contributed by atoms with Crippen LogP contribution in [-0.2, 0) is 7.05 Å². The highest BCUT2D eigenvalue weighted by Gasteiger charge is 2.14. The summed E-state index contributed by atoms with van der Waals surface area (Å²) < 4.78 is 7.81. The summed E-state index contributed by atoms with van der Waals surface area (Å²) in [7, 11) is 1.82. The number of aryl methyl sites for hydroxylation is 1. The summed E-state index contributed by atoms with van der Waals surface area (Å²) in [4.78, 5) is 0. The lowest BCUT2D eigenvalue weighted by Gasteiger charge is -2.06. The van der Waals surface area contributed by atoms with E-state index >= 15 is 0 Å². The largest absolute Gasteiger partial charge is 0.494 e. The third kappa shape index (κ3) is 2.24. The van der Waals surface area contributed by atoms with E-state index in [1.54, 1.807) is 4.68 Å². The lowest BCUT2D eigenvalue weighted by molar-refractivity contribution is 0.340. The molecule has 0 fully saturated rings. The van der Waals surface area contributed by atoms with E-state index in [0.717, 1.165) is 21.5 Å². The molecule has 0 unspecified atom stereocenters. The van der Waals surface area contributed by atoms with Gasteiger partial charge < -0.3 is 4.74 Å². The normalized spacial score (nSPS) is 10.1. The third-order valence-electron chi connectivity index (χ3n) is 2.53. The standard InChI is InChI=1S/C13H12BrN3O/c1-3-18-10-6-4-9(5-7-10)13-12(14)11(8-15)16-17(13)2/h4-7H,3H2,1-2H3. The summed E-state index contributed by atoms with van der Waals surface area (Å²) in [6, 6.07) is 9.77. The average molecular weight is 306 g/mol. The van der Waals surface area contributed by atoms with Crippen molar-refractivity contribution in [2.45, 2.75) is 6.92 Å². The molecule has 18 heavy (non-hydrogen) atoms. The maximum atomic E-state index is 8.94. The number of aromatic nitrogens is 2. The lowest BCUT2D eigenvalue weighted by Crippen LogP contribution is -1.95. The molecule has 0 N–H and O–H groups in total. The van der Waals surface area contributed by atoms with E-state index in [-0.39, 0.29) is 0 Å². The maximum Gasteiger partial charge on any atom is 0.177 e. The van der Waals surface area contributed by atoms with E-state index in [1.165, 1.54) is 0 Å². The van der Waals surface area contributed by atoms with Crippen molar-refractivity contribution in [3.8, 4) is 23.1 Å². The first kappa shape index (κ1) is 12.7. The molecule has 0 atom stereocenters. The Labute approximate surface area is 114 Å². The molecule has 92 valence electrons. The second kappa shape index (κ2) is 5.23. The minimum atomic E-state index is 0.390. The minimum absolute atomic E-state index is 0.390. The van der Waals surface area contributed by atoms with Gasteiger partial charge in [0, 0.05) is 12.6 Å². The number of rotatable bonds is 3. The fraction of sp³-hybridized carbons (Fsp3) is 0.231. The Kier molecular flexibility index (Phi) is 3.68. The zero-order valence-electron chi connectivity index (χ0n) is 10.1. The van der Waals surface area contributed by atoms with E-state index in [0.29, 0.717) is 12.3 Å². The molecule has 1 heterocycles. The SMILES string of the molecule is CCOc1ccc(-c2c(Br)c(C#N)nn2C)cc1. The van der Waals surface area contributed by atoms with E-state index < -0.39 is 0 Å². The van der Waals surface area contributed by atoms with Crippen LogP contribution in [0.4, 0.5) is 0 Å². The second-order valence-electron chi connectivity index (χ2n) is 3.70. The molecule has 0 spiro atoms. The predicted molar refractivity (Wildman–Crippen MR) is 72.2 cm³/mol. The molecule has 0 aliphatic rings. The molecule has 0 saturated heterocycles. The monoisotopic (exact) mass is 305 g/mol. The van der Waals surface area contributed by atoms with Crippen molar-refractivity contribution < 1.29 is 4.74 Å². The molecule has 0 radical (unpaired) electrons. The first-order valence-corrected chi connectivity index (χ1v) is 6.32. The van der Waals surface area contributed by atoms with Gasteiger partial charge >= 0.3 is 0 Å². The van der Waals surface area contributed by atoms with E-state index in [2.05, 4.69) is 27.1 Å². The van der Waals surface area contributed by atoms with Gasteiger partial charge in [0.1, 0.15) is 11.8 Å². The van der Waals surface area contributed by atoms with Crippen molar-refractivity contribution in [2.24, 2.45) is 7.05 Å². The highest BCUT2D eigenvalue weighted by atomic mass is 79.9. The summed E-state index contributed by atoms with van der Waals surface area (Å²) in [5.41, 5.74) is 2.26.